The van der Waals surface area contributed by atoms with Crippen LogP contribution in [0.25, 0.3) is 0 Å². The second kappa shape index (κ2) is 11.2. The van der Waals surface area contributed by atoms with Crippen molar-refractivity contribution in [2.75, 3.05) is 6.61 Å². The highest BCUT2D eigenvalue weighted by atomic mass is 16.7. The van der Waals surface area contributed by atoms with Crippen molar-refractivity contribution in [1.29, 1.82) is 0 Å². The van der Waals surface area contributed by atoms with Crippen LogP contribution in [0.3, 0.4) is 0 Å². The lowest BCUT2D eigenvalue weighted by Crippen LogP contribution is -2.52. The van der Waals surface area contributed by atoms with Gasteiger partial charge in [0.15, 0.2) is 12.6 Å². The molecule has 3 aliphatic rings. The van der Waals surface area contributed by atoms with E-state index in [9.17, 15) is 0 Å². The van der Waals surface area contributed by atoms with E-state index in [2.05, 4.69) is 68.4 Å². The van der Waals surface area contributed by atoms with Crippen LogP contribution in [-0.2, 0) is 23.7 Å². The normalized spacial score (nSPS) is 49.6. The average molecular weight is 453 g/mol. The maximum atomic E-state index is 6.60. The van der Waals surface area contributed by atoms with Crippen molar-refractivity contribution in [1.82, 2.24) is 0 Å². The average Bonchev–Trinajstić information content (AvgIpc) is 2.79. The molecule has 32 heavy (non-hydrogen) atoms. The standard InChI is InChI=1S/C27H48O5/c1-10-22-18(6)16(4)20(8)26(30-22)29-14-24-19(7)17(5)21(9)27(31-24)32-25-15(3)12-13-28-23(25)11-2/h12-13,15-27H,10-11,14H2,1-9H3. The molecule has 5 nitrogen and oxygen atoms in total. The lowest BCUT2D eigenvalue weighted by Gasteiger charge is -2.47. The van der Waals surface area contributed by atoms with E-state index < -0.39 is 0 Å². The minimum absolute atomic E-state index is 0.00725. The van der Waals surface area contributed by atoms with Gasteiger partial charge < -0.3 is 23.7 Å². The summed E-state index contributed by atoms with van der Waals surface area (Å²) < 4.78 is 31.8. The first-order valence-electron chi connectivity index (χ1n) is 13.1. The third-order valence-electron chi connectivity index (χ3n) is 9.01. The van der Waals surface area contributed by atoms with Gasteiger partial charge in [-0.25, -0.2) is 0 Å². The van der Waals surface area contributed by atoms with Crippen molar-refractivity contribution in [3.05, 3.63) is 12.3 Å². The molecule has 0 aliphatic carbocycles. The molecule has 3 aliphatic heterocycles. The molecule has 0 aromatic heterocycles. The van der Waals surface area contributed by atoms with Crippen LogP contribution in [-0.4, -0.2) is 43.6 Å². The fourth-order valence-electron chi connectivity index (χ4n) is 5.66. The van der Waals surface area contributed by atoms with Gasteiger partial charge in [0, 0.05) is 17.8 Å². The molecule has 0 saturated carbocycles. The molecule has 0 aromatic rings. The Hall–Kier alpha value is -0.620. The first kappa shape index (κ1) is 26.0. The molecule has 3 heterocycles. The van der Waals surface area contributed by atoms with Crippen molar-refractivity contribution < 1.29 is 23.7 Å². The Morgan fingerprint density at radius 2 is 1.22 bits per heavy atom. The summed E-state index contributed by atoms with van der Waals surface area (Å²) in [6.07, 6.45) is 5.77. The zero-order chi connectivity index (χ0) is 23.6. The molecule has 0 bridgehead atoms. The van der Waals surface area contributed by atoms with E-state index in [-0.39, 0.29) is 37.0 Å². The molecular formula is C27H48O5. The number of ether oxygens (including phenoxy) is 5. The first-order valence-corrected chi connectivity index (χ1v) is 13.1. The molecule has 2 saturated heterocycles. The fourth-order valence-corrected chi connectivity index (χ4v) is 5.66. The topological polar surface area (TPSA) is 46.2 Å². The van der Waals surface area contributed by atoms with Crippen LogP contribution in [0.1, 0.15) is 75.2 Å². The molecule has 0 N–H and O–H groups in total. The number of rotatable bonds is 7. The van der Waals surface area contributed by atoms with E-state index in [0.29, 0.717) is 48.0 Å². The summed E-state index contributed by atoms with van der Waals surface area (Å²) in [4.78, 5) is 0. The van der Waals surface area contributed by atoms with Gasteiger partial charge in [-0.15, -0.1) is 0 Å². The Morgan fingerprint density at radius 1 is 0.656 bits per heavy atom. The van der Waals surface area contributed by atoms with Crippen LogP contribution in [0.4, 0.5) is 0 Å². The van der Waals surface area contributed by atoms with E-state index in [1.54, 1.807) is 0 Å². The van der Waals surface area contributed by atoms with Gasteiger partial charge in [0.1, 0.15) is 12.2 Å². The predicted molar refractivity (Wildman–Crippen MR) is 127 cm³/mol. The van der Waals surface area contributed by atoms with E-state index in [0.717, 1.165) is 12.8 Å². The highest BCUT2D eigenvalue weighted by Crippen LogP contribution is 2.40. The second-order valence-electron chi connectivity index (χ2n) is 10.9. The molecule has 2 fully saturated rings. The van der Waals surface area contributed by atoms with Crippen LogP contribution >= 0.6 is 0 Å². The Morgan fingerprint density at radius 3 is 1.84 bits per heavy atom. The molecule has 13 atom stereocenters. The van der Waals surface area contributed by atoms with Gasteiger partial charge in [0.25, 0.3) is 0 Å². The lowest BCUT2D eigenvalue weighted by molar-refractivity contribution is -0.304. The van der Waals surface area contributed by atoms with E-state index >= 15 is 0 Å². The van der Waals surface area contributed by atoms with E-state index in [4.69, 9.17) is 23.7 Å². The third kappa shape index (κ3) is 5.37. The summed E-state index contributed by atoms with van der Waals surface area (Å²) in [5.74, 6) is 2.98. The first-order chi connectivity index (χ1) is 15.2. The fraction of sp³-hybridized carbons (Fsp3) is 0.926. The van der Waals surface area contributed by atoms with Crippen molar-refractivity contribution in [2.45, 2.75) is 112 Å². The van der Waals surface area contributed by atoms with Gasteiger partial charge in [-0.05, 0) is 42.6 Å². The van der Waals surface area contributed by atoms with E-state index in [1.165, 1.54) is 0 Å². The third-order valence-corrected chi connectivity index (χ3v) is 9.01. The molecule has 3 rings (SSSR count). The molecule has 0 amide bonds. The summed E-state index contributed by atoms with van der Waals surface area (Å²) in [7, 11) is 0. The zero-order valence-electron chi connectivity index (χ0n) is 21.8. The Kier molecular flexibility index (Phi) is 9.10. The van der Waals surface area contributed by atoms with Gasteiger partial charge >= 0.3 is 0 Å². The molecule has 0 radical (unpaired) electrons. The van der Waals surface area contributed by atoms with Crippen LogP contribution in [0.15, 0.2) is 12.3 Å². The summed E-state index contributed by atoms with van der Waals surface area (Å²) in [6, 6.07) is 0. The van der Waals surface area contributed by atoms with Crippen LogP contribution < -0.4 is 0 Å². The largest absolute Gasteiger partial charge is 0.496 e. The number of hydrogen-bond acceptors (Lipinski definition) is 5. The maximum Gasteiger partial charge on any atom is 0.161 e. The Balaban J connectivity index is 1.64. The summed E-state index contributed by atoms with van der Waals surface area (Å²) in [6.45, 7) is 20.8. The summed E-state index contributed by atoms with van der Waals surface area (Å²) in [5.41, 5.74) is 0. The Bertz CT molecular complexity index is 607. The number of hydrogen-bond donors (Lipinski definition) is 0. The van der Waals surface area contributed by atoms with Crippen molar-refractivity contribution in [2.24, 2.45) is 41.4 Å². The molecule has 13 unspecified atom stereocenters. The zero-order valence-corrected chi connectivity index (χ0v) is 21.8. The highest BCUT2D eigenvalue weighted by Gasteiger charge is 2.44. The minimum Gasteiger partial charge on any atom is -0.496 e. The van der Waals surface area contributed by atoms with Crippen LogP contribution in [0.5, 0.6) is 0 Å². The highest BCUT2D eigenvalue weighted by molar-refractivity contribution is 4.96. The molecule has 0 spiro atoms. The molecular weight excluding hydrogens is 404 g/mol. The smallest absolute Gasteiger partial charge is 0.161 e. The van der Waals surface area contributed by atoms with Gasteiger partial charge in [0.2, 0.25) is 0 Å². The van der Waals surface area contributed by atoms with Gasteiger partial charge in [-0.1, -0.05) is 62.3 Å². The quantitative estimate of drug-likeness (QED) is 0.472. The molecule has 0 aromatic carbocycles. The molecule has 186 valence electrons. The summed E-state index contributed by atoms with van der Waals surface area (Å²) >= 11 is 0. The van der Waals surface area contributed by atoms with Gasteiger partial charge in [-0.2, -0.15) is 0 Å². The Labute approximate surface area is 196 Å². The lowest BCUT2D eigenvalue weighted by atomic mass is 9.78. The maximum absolute atomic E-state index is 6.60. The predicted octanol–water partition coefficient (Wildman–Crippen LogP) is 6.02. The van der Waals surface area contributed by atoms with Crippen molar-refractivity contribution in [3.8, 4) is 0 Å². The molecule has 5 heteroatoms. The van der Waals surface area contributed by atoms with Crippen molar-refractivity contribution >= 4 is 0 Å². The SMILES string of the molecule is CCC1OC(OCC2OC(OC3C(C)C=COC3CC)C(C)C(C)C2C)C(C)C(C)C1C. The minimum atomic E-state index is -0.251. The van der Waals surface area contributed by atoms with Crippen molar-refractivity contribution in [3.63, 3.8) is 0 Å². The van der Waals surface area contributed by atoms with Crippen LogP contribution in [0, 0.1) is 41.4 Å². The van der Waals surface area contributed by atoms with Crippen LogP contribution in [0.2, 0.25) is 0 Å². The second-order valence-corrected chi connectivity index (χ2v) is 10.9. The van der Waals surface area contributed by atoms with Gasteiger partial charge in [-0.3, -0.25) is 0 Å². The monoisotopic (exact) mass is 452 g/mol. The summed E-state index contributed by atoms with van der Waals surface area (Å²) in [5, 5.41) is 0. The van der Waals surface area contributed by atoms with Gasteiger partial charge in [0.05, 0.1) is 25.1 Å². The van der Waals surface area contributed by atoms with E-state index in [1.807, 2.05) is 6.26 Å².